The second-order valence-electron chi connectivity index (χ2n) is 3.42. The smallest absolute Gasteiger partial charge is 0.206 e. The minimum absolute atomic E-state index is 0.0869. The van der Waals surface area contributed by atoms with Gasteiger partial charge in [-0.2, -0.15) is 0 Å². The van der Waals surface area contributed by atoms with Crippen LogP contribution in [0.15, 0.2) is 28.0 Å². The first-order valence-electron chi connectivity index (χ1n) is 4.44. The minimum Gasteiger partial charge on any atom is -0.299 e. The van der Waals surface area contributed by atoms with Crippen LogP contribution in [0.4, 0.5) is 0 Å². The molecular formula is C10H11NO3S. The highest BCUT2D eigenvalue weighted by atomic mass is 32.2. The number of hydrogen-bond acceptors (Lipinski definition) is 4. The van der Waals surface area contributed by atoms with Gasteiger partial charge in [0.1, 0.15) is 6.61 Å². The van der Waals surface area contributed by atoms with Gasteiger partial charge < -0.3 is 0 Å². The van der Waals surface area contributed by atoms with Gasteiger partial charge in [0.05, 0.1) is 9.80 Å². The molecule has 0 fully saturated rings. The summed E-state index contributed by atoms with van der Waals surface area (Å²) >= 11 is 0. The molecule has 2 rings (SSSR count). The van der Waals surface area contributed by atoms with E-state index in [9.17, 15) is 8.42 Å². The van der Waals surface area contributed by atoms with Gasteiger partial charge in [0, 0.05) is 0 Å². The quantitative estimate of drug-likeness (QED) is 0.763. The van der Waals surface area contributed by atoms with Crippen LogP contribution in [0.2, 0.25) is 0 Å². The molecule has 1 heterocycles. The molecule has 1 aliphatic heterocycles. The number of hydrogen-bond donors (Lipinski definition) is 1. The van der Waals surface area contributed by atoms with E-state index in [1.807, 2.05) is 6.07 Å². The van der Waals surface area contributed by atoms with E-state index in [0.29, 0.717) is 10.5 Å². The molecule has 1 aliphatic rings. The van der Waals surface area contributed by atoms with E-state index in [4.69, 9.17) is 5.90 Å². The Morgan fingerprint density at radius 1 is 1.40 bits per heavy atom. The van der Waals surface area contributed by atoms with E-state index >= 15 is 0 Å². The lowest BCUT2D eigenvalue weighted by Crippen LogP contribution is -2.10. The number of aryl methyl sites for hydroxylation is 1. The zero-order valence-electron chi connectivity index (χ0n) is 8.23. The van der Waals surface area contributed by atoms with E-state index in [-0.39, 0.29) is 11.5 Å². The lowest BCUT2D eigenvalue weighted by atomic mass is 10.1. The molecule has 0 atom stereocenters. The summed E-state index contributed by atoms with van der Waals surface area (Å²) in [7, 11) is -3.38. The summed E-state index contributed by atoms with van der Waals surface area (Å²) in [4.78, 5) is 4.97. The van der Waals surface area contributed by atoms with Crippen molar-refractivity contribution in [1.82, 2.24) is 0 Å². The highest BCUT2D eigenvalue weighted by molar-refractivity contribution is 7.96. The maximum absolute atomic E-state index is 12.0. The SMILES string of the molecule is Cc1cccc2c1S(=O)(=O)C(CON)=C2. The Morgan fingerprint density at radius 3 is 2.73 bits per heavy atom. The van der Waals surface area contributed by atoms with Crippen molar-refractivity contribution in [3.63, 3.8) is 0 Å². The summed E-state index contributed by atoms with van der Waals surface area (Å²) in [5.74, 6) is 4.90. The number of benzene rings is 1. The van der Waals surface area contributed by atoms with Gasteiger partial charge in [-0.25, -0.2) is 14.3 Å². The molecule has 0 spiro atoms. The van der Waals surface area contributed by atoms with Gasteiger partial charge in [-0.05, 0) is 24.1 Å². The molecule has 5 heteroatoms. The van der Waals surface area contributed by atoms with Crippen molar-refractivity contribution < 1.29 is 13.3 Å². The zero-order valence-corrected chi connectivity index (χ0v) is 9.04. The van der Waals surface area contributed by atoms with Crippen LogP contribution in [0.5, 0.6) is 0 Å². The normalized spacial score (nSPS) is 17.3. The topological polar surface area (TPSA) is 69.4 Å². The summed E-state index contributed by atoms with van der Waals surface area (Å²) in [6.07, 6.45) is 1.60. The highest BCUT2D eigenvalue weighted by Gasteiger charge is 2.30. The van der Waals surface area contributed by atoms with Crippen molar-refractivity contribution in [2.75, 3.05) is 6.61 Å². The van der Waals surface area contributed by atoms with Crippen LogP contribution in [-0.4, -0.2) is 15.0 Å². The second kappa shape index (κ2) is 3.44. The predicted octanol–water partition coefficient (Wildman–Crippen LogP) is 1.01. The molecule has 0 unspecified atom stereocenters. The van der Waals surface area contributed by atoms with Gasteiger partial charge >= 0.3 is 0 Å². The van der Waals surface area contributed by atoms with Crippen LogP contribution >= 0.6 is 0 Å². The first kappa shape index (κ1) is 10.4. The van der Waals surface area contributed by atoms with Crippen LogP contribution in [0.1, 0.15) is 11.1 Å². The van der Waals surface area contributed by atoms with Crippen molar-refractivity contribution in [3.8, 4) is 0 Å². The maximum atomic E-state index is 12.0. The van der Waals surface area contributed by atoms with Crippen molar-refractivity contribution in [1.29, 1.82) is 0 Å². The molecule has 1 aromatic carbocycles. The molecule has 2 N–H and O–H groups in total. The molecule has 0 saturated heterocycles. The van der Waals surface area contributed by atoms with E-state index < -0.39 is 9.84 Å². The molecule has 15 heavy (non-hydrogen) atoms. The number of fused-ring (bicyclic) bond motifs is 1. The Kier molecular flexibility index (Phi) is 2.38. The third kappa shape index (κ3) is 1.49. The molecule has 0 radical (unpaired) electrons. The molecule has 80 valence electrons. The monoisotopic (exact) mass is 225 g/mol. The summed E-state index contributed by atoms with van der Waals surface area (Å²) in [6.45, 7) is 1.69. The third-order valence-electron chi connectivity index (χ3n) is 2.40. The molecule has 0 amide bonds. The largest absolute Gasteiger partial charge is 0.299 e. The molecule has 0 bridgehead atoms. The van der Waals surface area contributed by atoms with Gasteiger partial charge in [0.15, 0.2) is 0 Å². The second-order valence-corrected chi connectivity index (χ2v) is 5.36. The summed E-state index contributed by atoms with van der Waals surface area (Å²) in [6, 6.07) is 5.37. The number of rotatable bonds is 2. The average molecular weight is 225 g/mol. The summed E-state index contributed by atoms with van der Waals surface area (Å²) in [5, 5.41) is 0. The average Bonchev–Trinajstić information content (AvgIpc) is 2.40. The molecular weight excluding hydrogens is 214 g/mol. The fraction of sp³-hybridized carbons (Fsp3) is 0.200. The lowest BCUT2D eigenvalue weighted by molar-refractivity contribution is 0.166. The highest BCUT2D eigenvalue weighted by Crippen LogP contribution is 2.34. The van der Waals surface area contributed by atoms with Crippen LogP contribution in [-0.2, 0) is 14.7 Å². The van der Waals surface area contributed by atoms with Crippen molar-refractivity contribution in [2.45, 2.75) is 11.8 Å². The van der Waals surface area contributed by atoms with Gasteiger partial charge in [-0.3, -0.25) is 4.84 Å². The first-order chi connectivity index (χ1) is 7.07. The van der Waals surface area contributed by atoms with Gasteiger partial charge in [-0.15, -0.1) is 0 Å². The van der Waals surface area contributed by atoms with Crippen molar-refractivity contribution >= 4 is 15.9 Å². The van der Waals surface area contributed by atoms with Crippen LogP contribution < -0.4 is 5.90 Å². The summed E-state index contributed by atoms with van der Waals surface area (Å²) < 4.78 is 24.0. The fourth-order valence-corrected chi connectivity index (χ4v) is 3.44. The van der Waals surface area contributed by atoms with Gasteiger partial charge in [-0.1, -0.05) is 18.2 Å². The minimum atomic E-state index is -3.38. The van der Waals surface area contributed by atoms with Crippen molar-refractivity contribution in [2.24, 2.45) is 5.90 Å². The Balaban J connectivity index is 2.64. The van der Waals surface area contributed by atoms with E-state index in [2.05, 4.69) is 4.84 Å². The number of nitrogens with two attached hydrogens (primary N) is 1. The Hall–Kier alpha value is -1.17. The Morgan fingerprint density at radius 2 is 2.13 bits per heavy atom. The first-order valence-corrected chi connectivity index (χ1v) is 5.92. The molecule has 0 aliphatic carbocycles. The van der Waals surface area contributed by atoms with E-state index in [1.165, 1.54) is 0 Å². The molecule has 0 aromatic heterocycles. The molecule has 1 aromatic rings. The van der Waals surface area contributed by atoms with E-state index in [1.54, 1.807) is 25.1 Å². The van der Waals surface area contributed by atoms with Crippen molar-refractivity contribution in [3.05, 3.63) is 34.2 Å². The number of sulfone groups is 1. The summed E-state index contributed by atoms with van der Waals surface area (Å²) in [5.41, 5.74) is 1.46. The maximum Gasteiger partial charge on any atom is 0.206 e. The standard InChI is InChI=1S/C10H11NO3S/c1-7-3-2-4-8-5-9(6-14-11)15(12,13)10(7)8/h2-5H,6,11H2,1H3. The zero-order chi connectivity index (χ0) is 11.1. The van der Waals surface area contributed by atoms with Crippen LogP contribution in [0, 0.1) is 6.92 Å². The van der Waals surface area contributed by atoms with Crippen LogP contribution in [0.25, 0.3) is 6.08 Å². The Labute approximate surface area is 88.2 Å². The van der Waals surface area contributed by atoms with Gasteiger partial charge in [0.2, 0.25) is 9.84 Å². The van der Waals surface area contributed by atoms with E-state index in [0.717, 1.165) is 5.56 Å². The fourth-order valence-electron chi connectivity index (χ4n) is 1.74. The third-order valence-corrected chi connectivity index (χ3v) is 4.42. The predicted molar refractivity (Wildman–Crippen MR) is 56.5 cm³/mol. The lowest BCUT2D eigenvalue weighted by Gasteiger charge is -2.04. The van der Waals surface area contributed by atoms with Crippen LogP contribution in [0.3, 0.4) is 0 Å². The molecule has 4 nitrogen and oxygen atoms in total. The molecule has 0 saturated carbocycles. The Bertz CT molecular complexity index is 532. The van der Waals surface area contributed by atoms with Gasteiger partial charge in [0.25, 0.3) is 0 Å².